The van der Waals surface area contributed by atoms with E-state index in [2.05, 4.69) is 11.9 Å². The fourth-order valence-electron chi connectivity index (χ4n) is 2.68. The predicted molar refractivity (Wildman–Crippen MR) is 79.0 cm³/mol. The third-order valence-corrected chi connectivity index (χ3v) is 3.90. The van der Waals surface area contributed by atoms with Crippen molar-refractivity contribution < 1.29 is 9.90 Å². The van der Waals surface area contributed by atoms with E-state index in [-0.39, 0.29) is 12.5 Å². The van der Waals surface area contributed by atoms with Gasteiger partial charge in [0.1, 0.15) is 5.15 Å². The Morgan fingerprint density at radius 1 is 1.55 bits per heavy atom. The van der Waals surface area contributed by atoms with Crippen LogP contribution in [0.3, 0.4) is 0 Å². The lowest BCUT2D eigenvalue weighted by Gasteiger charge is -2.17. The number of likely N-dealkylation sites (tertiary alicyclic amines) is 1. The monoisotopic (exact) mass is 296 g/mol. The fourth-order valence-corrected chi connectivity index (χ4v) is 2.90. The highest BCUT2D eigenvalue weighted by Crippen LogP contribution is 2.22. The first-order valence-corrected chi connectivity index (χ1v) is 7.58. The molecule has 1 amide bonds. The molecule has 20 heavy (non-hydrogen) atoms. The maximum atomic E-state index is 12.5. The van der Waals surface area contributed by atoms with Gasteiger partial charge in [-0.1, -0.05) is 24.9 Å². The van der Waals surface area contributed by atoms with Crippen LogP contribution in [0.1, 0.15) is 42.2 Å². The second-order valence-corrected chi connectivity index (χ2v) is 5.73. The molecular weight excluding hydrogens is 276 g/mol. The second kappa shape index (κ2) is 7.04. The van der Waals surface area contributed by atoms with E-state index >= 15 is 0 Å². The molecular formula is C15H21ClN2O2. The summed E-state index contributed by atoms with van der Waals surface area (Å²) in [5.41, 5.74) is 1.49. The molecule has 0 bridgehead atoms. The third-order valence-electron chi connectivity index (χ3n) is 3.71. The normalized spacial score (nSPS) is 18.6. The van der Waals surface area contributed by atoms with Crippen LogP contribution in [-0.4, -0.2) is 40.6 Å². The van der Waals surface area contributed by atoms with Crippen molar-refractivity contribution in [1.29, 1.82) is 0 Å². The van der Waals surface area contributed by atoms with Crippen molar-refractivity contribution in [3.05, 3.63) is 28.5 Å². The van der Waals surface area contributed by atoms with E-state index in [0.717, 1.165) is 44.5 Å². The Balaban J connectivity index is 2.09. The van der Waals surface area contributed by atoms with Crippen LogP contribution in [0.2, 0.25) is 5.15 Å². The Hall–Kier alpha value is -1.13. The number of aliphatic hydroxyl groups is 1. The summed E-state index contributed by atoms with van der Waals surface area (Å²) in [6.45, 7) is 3.74. The van der Waals surface area contributed by atoms with Crippen molar-refractivity contribution in [2.45, 2.75) is 32.6 Å². The predicted octanol–water partition coefficient (Wildman–Crippen LogP) is 2.53. The van der Waals surface area contributed by atoms with Gasteiger partial charge in [-0.15, -0.1) is 0 Å². The number of aryl methyl sites for hydroxylation is 1. The molecule has 1 aromatic rings. The number of pyridine rings is 1. The molecule has 4 nitrogen and oxygen atoms in total. The average Bonchev–Trinajstić information content (AvgIpc) is 2.86. The minimum atomic E-state index is 0.0205. The van der Waals surface area contributed by atoms with E-state index in [0.29, 0.717) is 16.6 Å². The summed E-state index contributed by atoms with van der Waals surface area (Å²) in [6.07, 6.45) is 3.53. The third kappa shape index (κ3) is 3.70. The van der Waals surface area contributed by atoms with Gasteiger partial charge in [0.25, 0.3) is 5.91 Å². The quantitative estimate of drug-likeness (QED) is 0.850. The van der Waals surface area contributed by atoms with E-state index in [9.17, 15) is 4.79 Å². The first-order chi connectivity index (χ1) is 9.63. The van der Waals surface area contributed by atoms with Crippen LogP contribution in [0, 0.1) is 5.92 Å². The van der Waals surface area contributed by atoms with Crippen LogP contribution in [-0.2, 0) is 6.42 Å². The lowest BCUT2D eigenvalue weighted by Crippen LogP contribution is -2.29. The van der Waals surface area contributed by atoms with Gasteiger partial charge < -0.3 is 10.0 Å². The smallest absolute Gasteiger partial charge is 0.254 e. The topological polar surface area (TPSA) is 53.4 Å². The van der Waals surface area contributed by atoms with Gasteiger partial charge in [0.2, 0.25) is 0 Å². The van der Waals surface area contributed by atoms with Gasteiger partial charge in [-0.2, -0.15) is 0 Å². The zero-order valence-electron chi connectivity index (χ0n) is 11.8. The molecule has 2 heterocycles. The number of halogens is 1. The van der Waals surface area contributed by atoms with E-state index < -0.39 is 0 Å². The standard InChI is InChI=1S/C15H21ClN2O2/c1-2-3-13-8-12(9-14(16)17-13)15(20)18-6-4-11(10-18)5-7-19/h8-9,11,19H,2-7,10H2,1H3. The minimum Gasteiger partial charge on any atom is -0.396 e. The Morgan fingerprint density at radius 3 is 3.05 bits per heavy atom. The molecule has 1 aliphatic heterocycles. The van der Waals surface area contributed by atoms with E-state index in [1.54, 1.807) is 6.07 Å². The summed E-state index contributed by atoms with van der Waals surface area (Å²) in [5.74, 6) is 0.434. The molecule has 1 fully saturated rings. The zero-order valence-corrected chi connectivity index (χ0v) is 12.6. The van der Waals surface area contributed by atoms with Crippen LogP contribution in [0.15, 0.2) is 12.1 Å². The van der Waals surface area contributed by atoms with Gasteiger partial charge in [0.15, 0.2) is 0 Å². The number of rotatable bonds is 5. The minimum absolute atomic E-state index is 0.0205. The molecule has 1 N–H and O–H groups in total. The summed E-state index contributed by atoms with van der Waals surface area (Å²) in [4.78, 5) is 18.6. The summed E-state index contributed by atoms with van der Waals surface area (Å²) in [7, 11) is 0. The van der Waals surface area contributed by atoms with Crippen LogP contribution in [0.25, 0.3) is 0 Å². The molecule has 5 heteroatoms. The second-order valence-electron chi connectivity index (χ2n) is 5.34. The lowest BCUT2D eigenvalue weighted by molar-refractivity contribution is 0.0784. The van der Waals surface area contributed by atoms with Crippen molar-refractivity contribution in [3.8, 4) is 0 Å². The molecule has 0 aliphatic carbocycles. The highest BCUT2D eigenvalue weighted by atomic mass is 35.5. The SMILES string of the molecule is CCCc1cc(C(=O)N2CCC(CCO)C2)cc(Cl)n1. The largest absolute Gasteiger partial charge is 0.396 e. The van der Waals surface area contributed by atoms with E-state index in [1.807, 2.05) is 11.0 Å². The Morgan fingerprint density at radius 2 is 2.35 bits per heavy atom. The number of hydrogen-bond donors (Lipinski definition) is 1. The summed E-state index contributed by atoms with van der Waals surface area (Å²) < 4.78 is 0. The highest BCUT2D eigenvalue weighted by molar-refractivity contribution is 6.29. The molecule has 1 atom stereocenters. The molecule has 0 spiro atoms. The van der Waals surface area contributed by atoms with Gasteiger partial charge in [0, 0.05) is 31.0 Å². The Kier molecular flexibility index (Phi) is 5.38. The molecule has 0 radical (unpaired) electrons. The highest BCUT2D eigenvalue weighted by Gasteiger charge is 2.26. The molecule has 2 rings (SSSR count). The number of carbonyl (C=O) groups is 1. The molecule has 1 aromatic heterocycles. The summed E-state index contributed by atoms with van der Waals surface area (Å²) >= 11 is 6.00. The Bertz CT molecular complexity index is 479. The first kappa shape index (κ1) is 15.3. The number of nitrogens with zero attached hydrogens (tertiary/aromatic N) is 2. The summed E-state index contributed by atoms with van der Waals surface area (Å²) in [6, 6.07) is 3.49. The van der Waals surface area contributed by atoms with Crippen LogP contribution >= 0.6 is 11.6 Å². The molecule has 0 saturated carbocycles. The number of amides is 1. The fraction of sp³-hybridized carbons (Fsp3) is 0.600. The van der Waals surface area contributed by atoms with Crippen molar-refractivity contribution in [3.63, 3.8) is 0 Å². The van der Waals surface area contributed by atoms with Gasteiger partial charge in [-0.05, 0) is 37.3 Å². The average molecular weight is 297 g/mol. The molecule has 0 aromatic carbocycles. The van der Waals surface area contributed by atoms with Gasteiger partial charge in [-0.25, -0.2) is 4.98 Å². The summed E-state index contributed by atoms with van der Waals surface area (Å²) in [5, 5.41) is 9.35. The van der Waals surface area contributed by atoms with Gasteiger partial charge in [0.05, 0.1) is 0 Å². The van der Waals surface area contributed by atoms with Crippen LogP contribution in [0.4, 0.5) is 0 Å². The number of aliphatic hydroxyl groups excluding tert-OH is 1. The van der Waals surface area contributed by atoms with Gasteiger partial charge in [-0.3, -0.25) is 4.79 Å². The molecule has 110 valence electrons. The Labute approximate surface area is 124 Å². The molecule has 1 aliphatic rings. The number of hydrogen-bond acceptors (Lipinski definition) is 3. The maximum absolute atomic E-state index is 12.5. The number of aromatic nitrogens is 1. The van der Waals surface area contributed by atoms with E-state index in [1.165, 1.54) is 0 Å². The first-order valence-electron chi connectivity index (χ1n) is 7.20. The van der Waals surface area contributed by atoms with Crippen LogP contribution < -0.4 is 0 Å². The van der Waals surface area contributed by atoms with Crippen molar-refractivity contribution in [1.82, 2.24) is 9.88 Å². The van der Waals surface area contributed by atoms with Crippen LogP contribution in [0.5, 0.6) is 0 Å². The molecule has 1 unspecified atom stereocenters. The molecule has 1 saturated heterocycles. The van der Waals surface area contributed by atoms with Crippen molar-refractivity contribution in [2.24, 2.45) is 5.92 Å². The van der Waals surface area contributed by atoms with Crippen molar-refractivity contribution in [2.75, 3.05) is 19.7 Å². The van der Waals surface area contributed by atoms with Crippen molar-refractivity contribution >= 4 is 17.5 Å². The van der Waals surface area contributed by atoms with E-state index in [4.69, 9.17) is 16.7 Å². The zero-order chi connectivity index (χ0) is 14.5. The van der Waals surface area contributed by atoms with Gasteiger partial charge >= 0.3 is 0 Å². The maximum Gasteiger partial charge on any atom is 0.254 e. The lowest BCUT2D eigenvalue weighted by atomic mass is 10.1. The number of carbonyl (C=O) groups excluding carboxylic acids is 1.